The summed E-state index contributed by atoms with van der Waals surface area (Å²) in [4.78, 5) is 0. The molecular weight excluding hydrogens is 413 g/mol. The van der Waals surface area contributed by atoms with Crippen LogP contribution < -0.4 is 0 Å². The molecule has 0 amide bonds. The average Bonchev–Trinajstić information content (AvgIpc) is 3.41. The second kappa shape index (κ2) is 10.4. The third-order valence-electron chi connectivity index (χ3n) is 6.39. The standard InChI is InChI=1S/C10H14NO.3C4H9.Sn/c1-4-10(12,8(2)3)9(7-11)5-6-9;3*1-3-4-2;/h1,4,8,12H,5-6H2,2-3H3;3*1,3-4H2,2H3;. The van der Waals surface area contributed by atoms with Crippen LogP contribution >= 0.6 is 0 Å². The molecule has 0 saturated heterocycles. The molecule has 0 aromatic carbocycles. The van der Waals surface area contributed by atoms with Crippen molar-refractivity contribution in [2.75, 3.05) is 0 Å². The van der Waals surface area contributed by atoms with E-state index in [0.29, 0.717) is 0 Å². The molecule has 25 heavy (non-hydrogen) atoms. The molecule has 0 bridgehead atoms. The molecule has 1 rings (SSSR count). The van der Waals surface area contributed by atoms with E-state index in [2.05, 4.69) is 50.9 Å². The topological polar surface area (TPSA) is 44.0 Å². The number of hydrogen-bond acceptors (Lipinski definition) is 2. The van der Waals surface area contributed by atoms with Gasteiger partial charge in [0, 0.05) is 0 Å². The number of nitrogens with zero attached hydrogens (tertiary/aromatic N) is 1. The van der Waals surface area contributed by atoms with Gasteiger partial charge in [-0.25, -0.2) is 0 Å². The maximum atomic E-state index is 11.4. The second-order valence-electron chi connectivity index (χ2n) is 8.68. The van der Waals surface area contributed by atoms with Crippen molar-refractivity contribution in [3.63, 3.8) is 0 Å². The van der Waals surface area contributed by atoms with E-state index in [4.69, 9.17) is 0 Å². The minimum atomic E-state index is -2.41. The summed E-state index contributed by atoms with van der Waals surface area (Å²) in [6, 6.07) is 2.46. The van der Waals surface area contributed by atoms with E-state index in [1.165, 1.54) is 51.8 Å². The molecule has 1 unspecified atom stereocenters. The number of unbranched alkanes of at least 4 members (excludes halogenated alkanes) is 3. The summed E-state index contributed by atoms with van der Waals surface area (Å²) in [7, 11) is 0. The fourth-order valence-corrected chi connectivity index (χ4v) is 18.5. The van der Waals surface area contributed by atoms with E-state index in [0.717, 1.165) is 12.8 Å². The van der Waals surface area contributed by atoms with Gasteiger partial charge in [-0.3, -0.25) is 0 Å². The summed E-state index contributed by atoms with van der Waals surface area (Å²) in [6.45, 7) is 11.0. The summed E-state index contributed by atoms with van der Waals surface area (Å²) in [5.74, 6) is 0.0958. The van der Waals surface area contributed by atoms with Gasteiger partial charge in [-0.15, -0.1) is 0 Å². The fraction of sp³-hybridized carbons (Fsp3) is 0.864. The molecule has 1 fully saturated rings. The van der Waals surface area contributed by atoms with E-state index in [1.807, 2.05) is 0 Å². The van der Waals surface area contributed by atoms with Crippen LogP contribution in [0, 0.1) is 22.7 Å². The summed E-state index contributed by atoms with van der Waals surface area (Å²) in [5.41, 5.74) is -1.45. The Labute approximate surface area is 161 Å². The molecule has 0 heterocycles. The molecular formula is C22H41NOSn. The van der Waals surface area contributed by atoms with Crippen LogP contribution in [0.5, 0.6) is 0 Å². The summed E-state index contributed by atoms with van der Waals surface area (Å²) >= 11 is -2.41. The first-order valence-corrected chi connectivity index (χ1v) is 18.4. The Kier molecular flexibility index (Phi) is 9.54. The van der Waals surface area contributed by atoms with Crippen LogP contribution in [-0.4, -0.2) is 29.1 Å². The molecule has 1 saturated carbocycles. The van der Waals surface area contributed by atoms with Gasteiger partial charge >= 0.3 is 161 Å². The number of rotatable bonds is 13. The van der Waals surface area contributed by atoms with Crippen LogP contribution in [0.3, 0.4) is 0 Å². The van der Waals surface area contributed by atoms with Gasteiger partial charge in [0.1, 0.15) is 0 Å². The zero-order valence-corrected chi connectivity index (χ0v) is 20.3. The first kappa shape index (κ1) is 23.0. The average molecular weight is 454 g/mol. The maximum absolute atomic E-state index is 11.4. The van der Waals surface area contributed by atoms with E-state index in [9.17, 15) is 10.4 Å². The summed E-state index contributed by atoms with van der Waals surface area (Å²) < 4.78 is 6.79. The number of hydrogen-bond donors (Lipinski definition) is 1. The molecule has 1 aliphatic carbocycles. The van der Waals surface area contributed by atoms with Crippen molar-refractivity contribution in [2.24, 2.45) is 11.3 Å². The Balaban J connectivity index is 3.14. The van der Waals surface area contributed by atoms with Gasteiger partial charge in [0.15, 0.2) is 0 Å². The van der Waals surface area contributed by atoms with Crippen molar-refractivity contribution >= 4 is 18.4 Å². The molecule has 0 radical (unpaired) electrons. The Bertz CT molecular complexity index is 439. The van der Waals surface area contributed by atoms with Crippen LogP contribution in [0.1, 0.15) is 86.0 Å². The number of nitriles is 1. The predicted molar refractivity (Wildman–Crippen MR) is 111 cm³/mol. The Hall–Kier alpha value is -0.0113. The monoisotopic (exact) mass is 455 g/mol. The first-order chi connectivity index (χ1) is 11.9. The number of aliphatic hydroxyl groups is 1. The van der Waals surface area contributed by atoms with Crippen molar-refractivity contribution < 1.29 is 5.11 Å². The third-order valence-corrected chi connectivity index (χ3v) is 20.4. The third kappa shape index (κ3) is 5.73. The van der Waals surface area contributed by atoms with Crippen LogP contribution in [0.25, 0.3) is 0 Å². The van der Waals surface area contributed by atoms with Crippen molar-refractivity contribution in [1.82, 2.24) is 0 Å². The van der Waals surface area contributed by atoms with Crippen molar-refractivity contribution in [2.45, 2.75) is 105 Å². The molecule has 0 spiro atoms. The molecule has 0 aliphatic heterocycles. The van der Waals surface area contributed by atoms with E-state index < -0.39 is 29.4 Å². The van der Waals surface area contributed by atoms with E-state index in [-0.39, 0.29) is 5.92 Å². The predicted octanol–water partition coefficient (Wildman–Crippen LogP) is 6.62. The first-order valence-electron chi connectivity index (χ1n) is 10.7. The van der Waals surface area contributed by atoms with Crippen molar-refractivity contribution in [1.29, 1.82) is 5.26 Å². The van der Waals surface area contributed by atoms with Gasteiger partial charge in [-0.05, 0) is 0 Å². The van der Waals surface area contributed by atoms with Crippen LogP contribution in [0.2, 0.25) is 13.3 Å². The van der Waals surface area contributed by atoms with E-state index >= 15 is 0 Å². The van der Waals surface area contributed by atoms with Gasteiger partial charge < -0.3 is 0 Å². The quantitative estimate of drug-likeness (QED) is 0.318. The van der Waals surface area contributed by atoms with Crippen LogP contribution in [0.15, 0.2) is 10.2 Å². The van der Waals surface area contributed by atoms with Gasteiger partial charge in [-0.1, -0.05) is 0 Å². The SMILES string of the molecule is CCC[CH2][Sn]([CH]=CC(O)(C(C)C)C1(C#N)CC1)([CH2]CCC)[CH2]CCC. The molecule has 144 valence electrons. The normalized spacial score (nSPS) is 19.1. The van der Waals surface area contributed by atoms with Crippen molar-refractivity contribution in [3.05, 3.63) is 10.2 Å². The van der Waals surface area contributed by atoms with Crippen LogP contribution in [0.4, 0.5) is 0 Å². The minimum absolute atomic E-state index is 0.0958. The molecule has 0 aromatic rings. The molecule has 1 atom stereocenters. The van der Waals surface area contributed by atoms with Gasteiger partial charge in [0.25, 0.3) is 0 Å². The second-order valence-corrected chi connectivity index (χ2v) is 21.7. The zero-order chi connectivity index (χ0) is 19.0. The summed E-state index contributed by atoms with van der Waals surface area (Å²) in [6.07, 6.45) is 11.6. The van der Waals surface area contributed by atoms with Gasteiger partial charge in [0.05, 0.1) is 0 Å². The van der Waals surface area contributed by atoms with Gasteiger partial charge in [-0.2, -0.15) is 0 Å². The molecule has 1 aliphatic rings. The molecule has 3 heteroatoms. The fourth-order valence-electron chi connectivity index (χ4n) is 4.15. The molecule has 1 N–H and O–H groups in total. The Morgan fingerprint density at radius 1 is 1.04 bits per heavy atom. The van der Waals surface area contributed by atoms with E-state index in [1.54, 1.807) is 0 Å². The Morgan fingerprint density at radius 3 is 1.76 bits per heavy atom. The summed E-state index contributed by atoms with van der Waals surface area (Å²) in [5, 5.41) is 21.1. The molecule has 0 aromatic heterocycles. The zero-order valence-electron chi connectivity index (χ0n) is 17.4. The van der Waals surface area contributed by atoms with Gasteiger partial charge in [0.2, 0.25) is 0 Å². The Morgan fingerprint density at radius 2 is 1.48 bits per heavy atom. The van der Waals surface area contributed by atoms with Crippen molar-refractivity contribution in [3.8, 4) is 6.07 Å². The van der Waals surface area contributed by atoms with Crippen LogP contribution in [-0.2, 0) is 0 Å². The molecule has 2 nitrogen and oxygen atoms in total.